The fourth-order valence-corrected chi connectivity index (χ4v) is 4.85. The number of amidine groups is 1. The number of likely N-dealkylation sites (tertiary alicyclic amines) is 1. The van der Waals surface area contributed by atoms with Crippen LogP contribution in [0.1, 0.15) is 23.9 Å². The molecule has 1 saturated heterocycles. The van der Waals surface area contributed by atoms with E-state index in [4.69, 9.17) is 9.73 Å². The second kappa shape index (κ2) is 8.84. The van der Waals surface area contributed by atoms with E-state index in [-0.39, 0.29) is 23.7 Å². The molecule has 0 saturated carbocycles. The average Bonchev–Trinajstić information content (AvgIpc) is 3.41. The van der Waals surface area contributed by atoms with Gasteiger partial charge in [-0.25, -0.2) is 27.9 Å². The lowest BCUT2D eigenvalue weighted by atomic mass is 9.82. The highest BCUT2D eigenvalue weighted by atomic mass is 32.1. The number of carbonyl (C=O) groups is 2. The third kappa shape index (κ3) is 4.42. The molecule has 2 aliphatic rings. The summed E-state index contributed by atoms with van der Waals surface area (Å²) >= 11 is 1.26. The van der Waals surface area contributed by atoms with Gasteiger partial charge in [0.25, 0.3) is 5.92 Å². The van der Waals surface area contributed by atoms with Gasteiger partial charge >= 0.3 is 11.9 Å². The van der Waals surface area contributed by atoms with Gasteiger partial charge in [0, 0.05) is 30.2 Å². The topological polar surface area (TPSA) is 104 Å². The normalized spacial score (nSPS) is 24.5. The molecule has 0 aliphatic carbocycles. The molecule has 3 heterocycles. The molecule has 0 amide bonds. The first-order valence-electron chi connectivity index (χ1n) is 10.2. The Hall–Kier alpha value is -3.25. The molecule has 8 nitrogen and oxygen atoms in total. The van der Waals surface area contributed by atoms with Crippen LogP contribution < -0.4 is 5.32 Å². The standard InChI is InChI=1S/C22H21F3N4O4S/c1-21(12-3-5-13(23)6-4-12)16(20(32)33-2)14(27-17(28-21)18-26-7-8-34-18)10-29-11-22(24,25)9-15(29)19(30)31/h3-8,15H,9-11H2,1-2H3,(H,27,28)(H,30,31)/t15-,21-/m1/s1. The third-order valence-corrected chi connectivity index (χ3v) is 6.62. The fourth-order valence-electron chi connectivity index (χ4n) is 4.27. The number of carbonyl (C=O) groups excluding carboxylic acids is 1. The predicted octanol–water partition coefficient (Wildman–Crippen LogP) is 2.77. The lowest BCUT2D eigenvalue weighted by molar-refractivity contribution is -0.142. The Morgan fingerprint density at radius 3 is 2.62 bits per heavy atom. The van der Waals surface area contributed by atoms with Crippen LogP contribution in [-0.4, -0.2) is 64.9 Å². The number of nitrogens with zero attached hydrogens (tertiary/aromatic N) is 3. The molecule has 1 fully saturated rings. The van der Waals surface area contributed by atoms with Gasteiger partial charge in [0.1, 0.15) is 17.4 Å². The fraction of sp³-hybridized carbons (Fsp3) is 0.364. The largest absolute Gasteiger partial charge is 0.480 e. The lowest BCUT2D eigenvalue weighted by Crippen LogP contribution is -2.46. The number of aromatic nitrogens is 1. The maximum atomic E-state index is 14.1. The van der Waals surface area contributed by atoms with E-state index in [2.05, 4.69) is 10.3 Å². The number of esters is 1. The zero-order chi connectivity index (χ0) is 24.7. The van der Waals surface area contributed by atoms with Crippen molar-refractivity contribution in [3.63, 3.8) is 0 Å². The lowest BCUT2D eigenvalue weighted by Gasteiger charge is -2.36. The summed E-state index contributed by atoms with van der Waals surface area (Å²) in [4.78, 5) is 34.7. The number of aliphatic imine (C=N–C) groups is 1. The molecule has 34 heavy (non-hydrogen) atoms. The van der Waals surface area contributed by atoms with Gasteiger partial charge in [-0.2, -0.15) is 0 Å². The molecule has 2 aliphatic heterocycles. The van der Waals surface area contributed by atoms with Gasteiger partial charge in [0.15, 0.2) is 10.8 Å². The van der Waals surface area contributed by atoms with Gasteiger partial charge in [0.05, 0.1) is 19.2 Å². The molecular formula is C22H21F3N4O4S. The maximum Gasteiger partial charge on any atom is 0.338 e. The van der Waals surface area contributed by atoms with Crippen LogP contribution in [0.4, 0.5) is 13.2 Å². The Balaban J connectivity index is 1.86. The zero-order valence-corrected chi connectivity index (χ0v) is 19.0. The van der Waals surface area contributed by atoms with Crippen molar-refractivity contribution in [1.29, 1.82) is 0 Å². The number of aliphatic carboxylic acids is 1. The number of hydrogen-bond acceptors (Lipinski definition) is 8. The highest BCUT2D eigenvalue weighted by Gasteiger charge is 2.50. The quantitative estimate of drug-likeness (QED) is 0.595. The van der Waals surface area contributed by atoms with Crippen LogP contribution in [-0.2, 0) is 19.9 Å². The number of ether oxygens (including phenoxy) is 1. The number of halogens is 3. The molecule has 12 heteroatoms. The van der Waals surface area contributed by atoms with Gasteiger partial charge < -0.3 is 15.2 Å². The predicted molar refractivity (Wildman–Crippen MR) is 117 cm³/mol. The van der Waals surface area contributed by atoms with Crippen LogP contribution in [0.2, 0.25) is 0 Å². The van der Waals surface area contributed by atoms with Crippen LogP contribution in [0.5, 0.6) is 0 Å². The van der Waals surface area contributed by atoms with E-state index in [0.717, 1.165) is 4.90 Å². The van der Waals surface area contributed by atoms with E-state index in [1.807, 2.05) is 0 Å². The third-order valence-electron chi connectivity index (χ3n) is 5.84. The minimum Gasteiger partial charge on any atom is -0.480 e. The van der Waals surface area contributed by atoms with Crippen LogP contribution in [0.15, 0.2) is 52.1 Å². The monoisotopic (exact) mass is 494 g/mol. The Kier molecular flexibility index (Phi) is 6.21. The van der Waals surface area contributed by atoms with Gasteiger partial charge in [0.2, 0.25) is 0 Å². The van der Waals surface area contributed by atoms with Gasteiger partial charge in [-0.3, -0.25) is 9.69 Å². The van der Waals surface area contributed by atoms with Gasteiger partial charge in [-0.1, -0.05) is 12.1 Å². The number of rotatable bonds is 6. The number of nitrogens with one attached hydrogen (secondary N) is 1. The summed E-state index contributed by atoms with van der Waals surface area (Å²) in [7, 11) is 1.17. The summed E-state index contributed by atoms with van der Waals surface area (Å²) in [6, 6.07) is 3.93. The molecule has 2 atom stereocenters. The Bertz CT molecular complexity index is 1170. The minimum absolute atomic E-state index is 0.00118. The van der Waals surface area contributed by atoms with E-state index in [0.29, 0.717) is 10.6 Å². The molecule has 0 bridgehead atoms. The van der Waals surface area contributed by atoms with Crippen molar-refractivity contribution in [1.82, 2.24) is 15.2 Å². The van der Waals surface area contributed by atoms with Crippen molar-refractivity contribution in [2.75, 3.05) is 20.2 Å². The first-order chi connectivity index (χ1) is 16.0. The molecule has 2 aromatic rings. The maximum absolute atomic E-state index is 14.1. The summed E-state index contributed by atoms with van der Waals surface area (Å²) < 4.78 is 46.9. The summed E-state index contributed by atoms with van der Waals surface area (Å²) in [6.07, 6.45) is 0.714. The number of hydrogen-bond donors (Lipinski definition) is 2. The number of thiazole rings is 1. The van der Waals surface area contributed by atoms with Crippen LogP contribution >= 0.6 is 11.3 Å². The molecular weight excluding hydrogens is 473 g/mol. The summed E-state index contributed by atoms with van der Waals surface area (Å²) in [6.45, 7) is 0.521. The molecule has 0 spiro atoms. The van der Waals surface area contributed by atoms with Crippen molar-refractivity contribution >= 4 is 29.1 Å². The molecule has 0 radical (unpaired) electrons. The smallest absolute Gasteiger partial charge is 0.338 e. The highest BCUT2D eigenvalue weighted by molar-refractivity contribution is 7.11. The highest BCUT2D eigenvalue weighted by Crippen LogP contribution is 2.40. The van der Waals surface area contributed by atoms with Gasteiger partial charge in [-0.15, -0.1) is 11.3 Å². The van der Waals surface area contributed by atoms with E-state index in [1.165, 1.54) is 42.7 Å². The molecule has 1 aromatic carbocycles. The molecule has 180 valence electrons. The van der Waals surface area contributed by atoms with Crippen molar-refractivity contribution in [2.24, 2.45) is 4.99 Å². The summed E-state index contributed by atoms with van der Waals surface area (Å²) in [5.41, 5.74) is -0.795. The van der Waals surface area contributed by atoms with Crippen molar-refractivity contribution < 1.29 is 32.6 Å². The Labute approximate surface area is 196 Å². The number of carboxylic acid groups (broad SMARTS) is 1. The number of methoxy groups -OCH3 is 1. The summed E-state index contributed by atoms with van der Waals surface area (Å²) in [5.74, 6) is -5.59. The Morgan fingerprint density at radius 1 is 1.32 bits per heavy atom. The van der Waals surface area contributed by atoms with Crippen molar-refractivity contribution in [3.05, 3.63) is 63.5 Å². The zero-order valence-electron chi connectivity index (χ0n) is 18.2. The number of benzene rings is 1. The second-order valence-corrected chi connectivity index (χ2v) is 9.06. The molecule has 2 N–H and O–H groups in total. The molecule has 1 aromatic heterocycles. The molecule has 4 rings (SSSR count). The van der Waals surface area contributed by atoms with Crippen LogP contribution in [0.3, 0.4) is 0 Å². The minimum atomic E-state index is -3.20. The van der Waals surface area contributed by atoms with Gasteiger partial charge in [-0.05, 0) is 24.6 Å². The number of carboxylic acids is 1. The van der Waals surface area contributed by atoms with E-state index < -0.39 is 48.2 Å². The average molecular weight is 494 g/mol. The van der Waals surface area contributed by atoms with Crippen LogP contribution in [0, 0.1) is 5.82 Å². The second-order valence-electron chi connectivity index (χ2n) is 8.17. The number of alkyl halides is 2. The summed E-state index contributed by atoms with van der Waals surface area (Å²) in [5, 5.41) is 14.7. The SMILES string of the molecule is COC(=O)C1=C(CN2CC(F)(F)C[C@@H]2C(=O)O)NC(c2nccs2)=N[C@]1(C)c1ccc(F)cc1. The first-order valence-corrected chi connectivity index (χ1v) is 11.1. The van der Waals surface area contributed by atoms with Crippen molar-refractivity contribution in [3.8, 4) is 0 Å². The van der Waals surface area contributed by atoms with E-state index in [9.17, 15) is 27.9 Å². The van der Waals surface area contributed by atoms with E-state index >= 15 is 0 Å². The van der Waals surface area contributed by atoms with E-state index in [1.54, 1.807) is 18.5 Å². The van der Waals surface area contributed by atoms with Crippen molar-refractivity contribution in [2.45, 2.75) is 30.8 Å². The Morgan fingerprint density at radius 2 is 2.03 bits per heavy atom. The van der Waals surface area contributed by atoms with Crippen LogP contribution in [0.25, 0.3) is 0 Å². The molecule has 0 unspecified atom stereocenters. The first kappa shape index (κ1) is 23.9.